The van der Waals surface area contributed by atoms with E-state index in [1.165, 1.54) is 26.5 Å². The number of sulfonamides is 1. The Morgan fingerprint density at radius 1 is 1.00 bits per heavy atom. The Bertz CT molecular complexity index is 1150. The number of anilines is 1. The summed E-state index contributed by atoms with van der Waals surface area (Å²) in [4.78, 5) is 3.92. The molecule has 0 atom stereocenters. The highest BCUT2D eigenvalue weighted by atomic mass is 32.2. The quantitative estimate of drug-likeness (QED) is 0.597. The van der Waals surface area contributed by atoms with Crippen molar-refractivity contribution in [2.24, 2.45) is 0 Å². The Kier molecular flexibility index (Phi) is 5.99. The van der Waals surface area contributed by atoms with Crippen LogP contribution in [0.25, 0.3) is 0 Å². The van der Waals surface area contributed by atoms with Gasteiger partial charge in [0.05, 0.1) is 14.2 Å². The molecule has 3 rings (SSSR count). The highest BCUT2D eigenvalue weighted by molar-refractivity contribution is 7.93. The third kappa shape index (κ3) is 4.62. The summed E-state index contributed by atoms with van der Waals surface area (Å²) in [5.41, 5.74) is 0.493. The van der Waals surface area contributed by atoms with Gasteiger partial charge in [0.15, 0.2) is 28.3 Å². The minimum absolute atomic E-state index is 0.00299. The van der Waals surface area contributed by atoms with Crippen LogP contribution in [0.3, 0.4) is 0 Å². The van der Waals surface area contributed by atoms with Crippen molar-refractivity contribution in [3.8, 4) is 11.5 Å². The third-order valence-electron chi connectivity index (χ3n) is 3.87. The zero-order valence-electron chi connectivity index (χ0n) is 15.2. The molecule has 0 aliphatic heterocycles. The number of methoxy groups -OCH3 is 2. The number of ether oxygens (including phenoxy) is 2. The molecule has 6 nitrogen and oxygen atoms in total. The summed E-state index contributed by atoms with van der Waals surface area (Å²) in [6, 6.07) is 5.39. The number of nitrogens with one attached hydrogen (secondary N) is 1. The molecule has 0 saturated heterocycles. The van der Waals surface area contributed by atoms with Gasteiger partial charge in [0, 0.05) is 29.6 Å². The molecule has 0 fully saturated rings. The fourth-order valence-electron chi connectivity index (χ4n) is 2.50. The fraction of sp³-hybridized carbons (Fsp3) is 0.167. The highest BCUT2D eigenvalue weighted by Gasteiger charge is 2.24. The Balaban J connectivity index is 1.82. The SMILES string of the molecule is COc1cc(F)c(S(=O)(=O)Nc2ncc(Cc3ccc(F)c(F)c3)s2)cc1OC. The molecule has 0 aliphatic rings. The fourth-order valence-corrected chi connectivity index (χ4v) is 4.66. The van der Waals surface area contributed by atoms with Gasteiger partial charge in [-0.3, -0.25) is 4.72 Å². The molecule has 11 heteroatoms. The first-order chi connectivity index (χ1) is 13.7. The van der Waals surface area contributed by atoms with E-state index in [0.717, 1.165) is 35.6 Å². The molecule has 1 heterocycles. The van der Waals surface area contributed by atoms with Crippen molar-refractivity contribution >= 4 is 26.5 Å². The molecule has 0 amide bonds. The van der Waals surface area contributed by atoms with Crippen molar-refractivity contribution in [1.82, 2.24) is 4.98 Å². The van der Waals surface area contributed by atoms with Crippen LogP contribution in [0.15, 0.2) is 41.4 Å². The third-order valence-corrected chi connectivity index (χ3v) is 6.26. The van der Waals surface area contributed by atoms with Gasteiger partial charge < -0.3 is 9.47 Å². The molecule has 0 saturated carbocycles. The maximum absolute atomic E-state index is 14.3. The molecule has 0 aliphatic carbocycles. The van der Waals surface area contributed by atoms with Crippen LogP contribution < -0.4 is 14.2 Å². The molecule has 1 aromatic heterocycles. The topological polar surface area (TPSA) is 77.5 Å². The summed E-state index contributed by atoms with van der Waals surface area (Å²) in [6.45, 7) is 0. The Hall–Kier alpha value is -2.79. The predicted octanol–water partition coefficient (Wildman–Crippen LogP) is 3.97. The van der Waals surface area contributed by atoms with Gasteiger partial charge in [-0.15, -0.1) is 11.3 Å². The number of hydrogen-bond donors (Lipinski definition) is 1. The van der Waals surface area contributed by atoms with Crippen LogP contribution in [0, 0.1) is 17.5 Å². The number of nitrogens with zero attached hydrogens (tertiary/aromatic N) is 1. The van der Waals surface area contributed by atoms with E-state index in [0.29, 0.717) is 10.4 Å². The van der Waals surface area contributed by atoms with Crippen molar-refractivity contribution in [2.75, 3.05) is 18.9 Å². The van der Waals surface area contributed by atoms with E-state index < -0.39 is 32.4 Å². The first kappa shape index (κ1) is 20.9. The largest absolute Gasteiger partial charge is 0.493 e. The van der Waals surface area contributed by atoms with Crippen LogP contribution in [0.5, 0.6) is 11.5 Å². The van der Waals surface area contributed by atoms with Crippen LogP contribution >= 0.6 is 11.3 Å². The van der Waals surface area contributed by atoms with Gasteiger partial charge in [-0.2, -0.15) is 0 Å². The lowest BCUT2D eigenvalue weighted by molar-refractivity contribution is 0.350. The highest BCUT2D eigenvalue weighted by Crippen LogP contribution is 2.33. The van der Waals surface area contributed by atoms with E-state index in [4.69, 9.17) is 9.47 Å². The number of halogens is 3. The molecule has 29 heavy (non-hydrogen) atoms. The normalized spacial score (nSPS) is 11.3. The molecule has 3 aromatic rings. The second-order valence-electron chi connectivity index (χ2n) is 5.80. The van der Waals surface area contributed by atoms with Gasteiger partial charge in [0.2, 0.25) is 0 Å². The average molecular weight is 444 g/mol. The number of benzene rings is 2. The van der Waals surface area contributed by atoms with Crippen LogP contribution in [-0.2, 0) is 16.4 Å². The van der Waals surface area contributed by atoms with Crippen molar-refractivity contribution in [3.05, 3.63) is 64.4 Å². The summed E-state index contributed by atoms with van der Waals surface area (Å²) in [5.74, 6) is -2.85. The zero-order chi connectivity index (χ0) is 21.2. The van der Waals surface area contributed by atoms with Crippen LogP contribution in [0.2, 0.25) is 0 Å². The zero-order valence-corrected chi connectivity index (χ0v) is 16.8. The molecule has 0 radical (unpaired) electrons. The maximum atomic E-state index is 14.3. The van der Waals surface area contributed by atoms with E-state index in [-0.39, 0.29) is 23.1 Å². The lowest BCUT2D eigenvalue weighted by Gasteiger charge is -2.11. The van der Waals surface area contributed by atoms with Crippen LogP contribution in [-0.4, -0.2) is 27.6 Å². The van der Waals surface area contributed by atoms with Gasteiger partial charge in [-0.05, 0) is 17.7 Å². The first-order valence-corrected chi connectivity index (χ1v) is 10.4. The van der Waals surface area contributed by atoms with E-state index in [9.17, 15) is 21.6 Å². The molecular formula is C18H15F3N2O4S2. The minimum Gasteiger partial charge on any atom is -0.493 e. The number of aromatic nitrogens is 1. The number of hydrogen-bond acceptors (Lipinski definition) is 6. The van der Waals surface area contributed by atoms with Gasteiger partial charge in [-0.25, -0.2) is 26.6 Å². The smallest absolute Gasteiger partial charge is 0.266 e. The lowest BCUT2D eigenvalue weighted by Crippen LogP contribution is -2.14. The van der Waals surface area contributed by atoms with Crippen molar-refractivity contribution in [1.29, 1.82) is 0 Å². The van der Waals surface area contributed by atoms with Crippen LogP contribution in [0.4, 0.5) is 18.3 Å². The summed E-state index contributed by atoms with van der Waals surface area (Å²) < 4.78 is 77.9. The Labute approximate surface area is 169 Å². The molecular weight excluding hydrogens is 429 g/mol. The maximum Gasteiger partial charge on any atom is 0.266 e. The second-order valence-corrected chi connectivity index (χ2v) is 8.57. The van der Waals surface area contributed by atoms with E-state index in [1.807, 2.05) is 0 Å². The molecule has 2 aromatic carbocycles. The van der Waals surface area contributed by atoms with Crippen LogP contribution in [0.1, 0.15) is 10.4 Å². The van der Waals surface area contributed by atoms with E-state index >= 15 is 0 Å². The predicted molar refractivity (Wildman–Crippen MR) is 102 cm³/mol. The second kappa shape index (κ2) is 8.29. The van der Waals surface area contributed by atoms with Crippen molar-refractivity contribution in [3.63, 3.8) is 0 Å². The standard InChI is InChI=1S/C18H15F3N2O4S2/c1-26-15-7-14(21)17(8-16(15)27-2)29(24,25)23-18-22-9-11(28-18)5-10-3-4-12(19)13(20)6-10/h3-4,6-9H,5H2,1-2H3,(H,22,23). The Morgan fingerprint density at radius 3 is 2.34 bits per heavy atom. The molecule has 0 spiro atoms. The van der Waals surface area contributed by atoms with E-state index in [2.05, 4.69) is 9.71 Å². The van der Waals surface area contributed by atoms with Gasteiger partial charge in [0.1, 0.15) is 10.7 Å². The van der Waals surface area contributed by atoms with Gasteiger partial charge in [0.25, 0.3) is 10.0 Å². The number of rotatable bonds is 7. The number of thiazole rings is 1. The van der Waals surface area contributed by atoms with E-state index in [1.54, 1.807) is 0 Å². The van der Waals surface area contributed by atoms with Gasteiger partial charge >= 0.3 is 0 Å². The summed E-state index contributed by atoms with van der Waals surface area (Å²) >= 11 is 0.987. The summed E-state index contributed by atoms with van der Waals surface area (Å²) in [6.07, 6.45) is 1.62. The summed E-state index contributed by atoms with van der Waals surface area (Å²) in [7, 11) is -1.70. The van der Waals surface area contributed by atoms with Gasteiger partial charge in [-0.1, -0.05) is 6.07 Å². The van der Waals surface area contributed by atoms with Crippen molar-refractivity contribution < 1.29 is 31.1 Å². The first-order valence-electron chi connectivity index (χ1n) is 8.06. The Morgan fingerprint density at radius 2 is 1.69 bits per heavy atom. The average Bonchev–Trinajstić information content (AvgIpc) is 3.10. The minimum atomic E-state index is -4.30. The monoisotopic (exact) mass is 444 g/mol. The molecule has 1 N–H and O–H groups in total. The molecule has 0 bridgehead atoms. The van der Waals surface area contributed by atoms with Crippen molar-refractivity contribution in [2.45, 2.75) is 11.3 Å². The summed E-state index contributed by atoms with van der Waals surface area (Å²) in [5, 5.41) is -0.00299. The molecule has 154 valence electrons. The molecule has 0 unspecified atom stereocenters. The lowest BCUT2D eigenvalue weighted by atomic mass is 10.1.